The number of nitrogens with one attached hydrogen (secondary N) is 1. The first-order chi connectivity index (χ1) is 17.5. The minimum atomic E-state index is -0.107. The number of nitrogens with zero attached hydrogens (tertiary/aromatic N) is 2. The van der Waals surface area contributed by atoms with Crippen molar-refractivity contribution >= 4 is 55.8 Å². The van der Waals surface area contributed by atoms with Crippen LogP contribution in [0.2, 0.25) is 5.02 Å². The topological polar surface area (TPSA) is 77.1 Å². The molecule has 0 aliphatic heterocycles. The summed E-state index contributed by atoms with van der Waals surface area (Å²) in [6, 6.07) is 19.5. The van der Waals surface area contributed by atoms with Crippen LogP contribution in [0.1, 0.15) is 43.9 Å². The summed E-state index contributed by atoms with van der Waals surface area (Å²) in [5.41, 5.74) is 2.00. The summed E-state index contributed by atoms with van der Waals surface area (Å²) in [4.78, 5) is 26.7. The van der Waals surface area contributed by atoms with Gasteiger partial charge in [0.2, 0.25) is 5.91 Å². The molecule has 2 unspecified atom stereocenters. The monoisotopic (exact) mass is 499 g/mol. The Hall–Kier alpha value is -3.64. The first kappa shape index (κ1) is 22.8. The van der Waals surface area contributed by atoms with Gasteiger partial charge in [-0.2, -0.15) is 0 Å². The molecule has 5 aromatic rings. The normalized spacial score (nSPS) is 18.2. The number of amides is 1. The van der Waals surface area contributed by atoms with Crippen molar-refractivity contribution in [2.75, 3.05) is 5.32 Å². The van der Waals surface area contributed by atoms with Gasteiger partial charge >= 0.3 is 0 Å². The third-order valence-corrected chi connectivity index (χ3v) is 7.76. The van der Waals surface area contributed by atoms with Crippen molar-refractivity contribution in [1.82, 2.24) is 9.72 Å². The maximum Gasteiger partial charge on any atom is 0.264 e. The van der Waals surface area contributed by atoms with Gasteiger partial charge in [-0.25, -0.2) is 0 Å². The quantitative estimate of drug-likeness (QED) is 0.288. The lowest BCUT2D eigenvalue weighted by molar-refractivity contribution is -0.117. The van der Waals surface area contributed by atoms with E-state index in [2.05, 4.69) is 10.5 Å². The Morgan fingerprint density at radius 2 is 1.89 bits per heavy atom. The van der Waals surface area contributed by atoms with E-state index in [4.69, 9.17) is 16.1 Å². The average molecular weight is 500 g/mol. The number of benzene rings is 3. The van der Waals surface area contributed by atoms with Crippen LogP contribution in [0.4, 0.5) is 5.69 Å². The van der Waals surface area contributed by atoms with Gasteiger partial charge in [0.05, 0.1) is 10.5 Å². The minimum absolute atomic E-state index is 0.00239. The smallest absolute Gasteiger partial charge is 0.264 e. The number of hydrogen-bond donors (Lipinski definition) is 1. The highest BCUT2D eigenvalue weighted by Crippen LogP contribution is 2.38. The Bertz CT molecular complexity index is 1680. The van der Waals surface area contributed by atoms with E-state index in [1.165, 1.54) is 0 Å². The van der Waals surface area contributed by atoms with Crippen LogP contribution in [-0.2, 0) is 4.79 Å². The highest BCUT2D eigenvalue weighted by Gasteiger charge is 2.29. The van der Waals surface area contributed by atoms with Crippen LogP contribution in [0.5, 0.6) is 0 Å². The van der Waals surface area contributed by atoms with Gasteiger partial charge in [0.25, 0.3) is 5.56 Å². The van der Waals surface area contributed by atoms with Gasteiger partial charge in [-0.1, -0.05) is 65.6 Å². The molecular formula is C29H26ClN3O3. The second-order valence-corrected chi connectivity index (χ2v) is 10.1. The Morgan fingerprint density at radius 1 is 1.08 bits per heavy atom. The van der Waals surface area contributed by atoms with Crippen LogP contribution < -0.4 is 10.9 Å². The van der Waals surface area contributed by atoms with Gasteiger partial charge in [0.1, 0.15) is 16.7 Å². The van der Waals surface area contributed by atoms with E-state index >= 15 is 0 Å². The zero-order valence-corrected chi connectivity index (χ0v) is 20.7. The number of anilines is 1. The SMILES string of the molecule is Cc1onc2c1c(=O)n(C1CCCC(CC(=O)Nc3cccc4ccccc34)C1)c1cccc(Cl)c21. The predicted octanol–water partition coefficient (Wildman–Crippen LogP) is 7.02. The van der Waals surface area contributed by atoms with Crippen LogP contribution in [0, 0.1) is 12.8 Å². The molecule has 182 valence electrons. The van der Waals surface area contributed by atoms with E-state index in [1.54, 1.807) is 6.92 Å². The summed E-state index contributed by atoms with van der Waals surface area (Å²) in [5, 5.41) is 11.1. The van der Waals surface area contributed by atoms with Gasteiger partial charge < -0.3 is 14.4 Å². The minimum Gasteiger partial charge on any atom is -0.360 e. The number of carbonyl (C=O) groups is 1. The summed E-state index contributed by atoms with van der Waals surface area (Å²) >= 11 is 6.57. The van der Waals surface area contributed by atoms with E-state index in [9.17, 15) is 9.59 Å². The Kier molecular flexibility index (Phi) is 5.76. The van der Waals surface area contributed by atoms with E-state index in [-0.39, 0.29) is 23.4 Å². The number of carbonyl (C=O) groups excluding carboxylic acids is 1. The molecule has 7 heteroatoms. The summed E-state index contributed by atoms with van der Waals surface area (Å²) in [7, 11) is 0. The molecule has 2 atom stereocenters. The largest absolute Gasteiger partial charge is 0.360 e. The molecule has 2 heterocycles. The van der Waals surface area contributed by atoms with Gasteiger partial charge in [-0.15, -0.1) is 0 Å². The summed E-state index contributed by atoms with van der Waals surface area (Å²) in [6.45, 7) is 1.76. The average Bonchev–Trinajstić information content (AvgIpc) is 3.26. The fourth-order valence-electron chi connectivity index (χ4n) is 5.82. The van der Waals surface area contributed by atoms with E-state index < -0.39 is 0 Å². The molecule has 36 heavy (non-hydrogen) atoms. The molecule has 1 N–H and O–H groups in total. The van der Waals surface area contributed by atoms with Crippen molar-refractivity contribution in [2.45, 2.75) is 45.1 Å². The third-order valence-electron chi connectivity index (χ3n) is 7.44. The molecule has 6 rings (SSSR count). The molecule has 1 saturated carbocycles. The molecule has 0 bridgehead atoms. The number of hydrogen-bond acceptors (Lipinski definition) is 4. The second-order valence-electron chi connectivity index (χ2n) is 9.74. The van der Waals surface area contributed by atoms with Gasteiger partial charge in [0.15, 0.2) is 0 Å². The van der Waals surface area contributed by atoms with Crippen LogP contribution in [-0.4, -0.2) is 15.6 Å². The Morgan fingerprint density at radius 3 is 2.78 bits per heavy atom. The molecule has 0 radical (unpaired) electrons. The summed E-state index contributed by atoms with van der Waals surface area (Å²) in [5.74, 6) is 0.675. The number of pyridine rings is 1. The van der Waals surface area contributed by atoms with Crippen LogP contribution in [0.3, 0.4) is 0 Å². The highest BCUT2D eigenvalue weighted by atomic mass is 35.5. The predicted molar refractivity (Wildman–Crippen MR) is 144 cm³/mol. The maximum atomic E-state index is 13.7. The molecule has 2 aromatic heterocycles. The molecule has 1 amide bonds. The molecule has 0 saturated heterocycles. The first-order valence-electron chi connectivity index (χ1n) is 12.4. The van der Waals surface area contributed by atoms with Crippen molar-refractivity contribution in [3.63, 3.8) is 0 Å². The molecular weight excluding hydrogens is 474 g/mol. The molecule has 1 fully saturated rings. The standard InChI is InChI=1S/C29H26ClN3O3/c1-17-26-28(32-36-17)27-22(30)12-6-14-24(27)33(29(26)35)20-10-4-7-18(15-20)16-25(34)31-23-13-5-9-19-8-2-3-11-21(19)23/h2-3,5-6,8-9,11-14,18,20H,4,7,10,15-16H2,1H3,(H,31,34). The van der Waals surface area contributed by atoms with Gasteiger partial charge in [-0.3, -0.25) is 9.59 Å². The summed E-state index contributed by atoms with van der Waals surface area (Å²) in [6.07, 6.45) is 3.95. The van der Waals surface area contributed by atoms with Gasteiger partial charge in [-0.05, 0) is 55.7 Å². The fraction of sp³-hybridized carbons (Fsp3) is 0.276. The van der Waals surface area contributed by atoms with Crippen molar-refractivity contribution in [3.8, 4) is 0 Å². The van der Waals surface area contributed by atoms with E-state index in [0.29, 0.717) is 28.1 Å². The van der Waals surface area contributed by atoms with Crippen molar-refractivity contribution in [3.05, 3.63) is 81.8 Å². The number of rotatable bonds is 4. The van der Waals surface area contributed by atoms with Crippen LogP contribution in [0.25, 0.3) is 32.6 Å². The fourth-order valence-corrected chi connectivity index (χ4v) is 6.07. The molecule has 3 aromatic carbocycles. The summed E-state index contributed by atoms with van der Waals surface area (Å²) < 4.78 is 7.25. The van der Waals surface area contributed by atoms with E-state index in [0.717, 1.165) is 53.0 Å². The maximum absolute atomic E-state index is 13.7. The van der Waals surface area contributed by atoms with Gasteiger partial charge in [0, 0.05) is 28.9 Å². The zero-order valence-electron chi connectivity index (χ0n) is 20.0. The van der Waals surface area contributed by atoms with Crippen LogP contribution >= 0.6 is 11.6 Å². The number of halogens is 1. The van der Waals surface area contributed by atoms with Crippen LogP contribution in [0.15, 0.2) is 70.0 Å². The lowest BCUT2D eigenvalue weighted by atomic mass is 9.83. The third kappa shape index (κ3) is 3.86. The Balaban J connectivity index is 1.30. The highest BCUT2D eigenvalue weighted by molar-refractivity contribution is 6.37. The zero-order chi connectivity index (χ0) is 24.8. The lowest BCUT2D eigenvalue weighted by Crippen LogP contribution is -2.30. The number of fused-ring (bicyclic) bond motifs is 4. The van der Waals surface area contributed by atoms with Crippen molar-refractivity contribution in [1.29, 1.82) is 0 Å². The Labute approximate surface area is 212 Å². The number of aromatic nitrogens is 2. The molecule has 6 nitrogen and oxygen atoms in total. The number of aryl methyl sites for hydroxylation is 1. The van der Waals surface area contributed by atoms with Crippen molar-refractivity contribution < 1.29 is 9.32 Å². The molecule has 0 spiro atoms. The molecule has 1 aliphatic rings. The van der Waals surface area contributed by atoms with E-state index in [1.807, 2.05) is 65.2 Å². The first-order valence-corrected chi connectivity index (χ1v) is 12.8. The lowest BCUT2D eigenvalue weighted by Gasteiger charge is -2.31. The van der Waals surface area contributed by atoms with Crippen molar-refractivity contribution in [2.24, 2.45) is 5.92 Å². The second kappa shape index (κ2) is 9.10. The molecule has 1 aliphatic carbocycles.